The van der Waals surface area contributed by atoms with Crippen LogP contribution in [-0.4, -0.2) is 32.7 Å². The molecule has 3 heterocycles. The number of carboxylic acids is 1. The third kappa shape index (κ3) is 4.42. The number of carbonyl (C=O) groups is 2. The van der Waals surface area contributed by atoms with Crippen LogP contribution in [0.4, 0.5) is 0 Å². The zero-order valence-corrected chi connectivity index (χ0v) is 20.0. The van der Waals surface area contributed by atoms with E-state index in [4.69, 9.17) is 9.52 Å². The third-order valence-electron chi connectivity index (χ3n) is 5.92. The Hall–Kier alpha value is -3.98. The van der Waals surface area contributed by atoms with E-state index in [1.807, 2.05) is 48.5 Å². The molecule has 0 radical (unpaired) electrons. The van der Waals surface area contributed by atoms with Crippen molar-refractivity contribution in [3.8, 4) is 11.1 Å². The topological polar surface area (TPSA) is 116 Å². The summed E-state index contributed by atoms with van der Waals surface area (Å²) in [6.07, 6.45) is 1.22. The van der Waals surface area contributed by atoms with Gasteiger partial charge in [0.15, 0.2) is 0 Å². The molecule has 1 amide bonds. The van der Waals surface area contributed by atoms with Gasteiger partial charge in [-0.05, 0) is 35.9 Å². The van der Waals surface area contributed by atoms with Crippen LogP contribution in [0.3, 0.4) is 0 Å². The number of aromatic nitrogens is 1. The first-order valence-electron chi connectivity index (χ1n) is 11.0. The number of carboxylic acid groups (broad SMARTS) is 1. The maximum Gasteiger partial charge on any atom is 0.303 e. The number of hydrogen-bond acceptors (Lipinski definition) is 5. The van der Waals surface area contributed by atoms with E-state index in [-0.39, 0.29) is 24.8 Å². The molecule has 4 aromatic rings. The number of aromatic amines is 1. The van der Waals surface area contributed by atoms with Gasteiger partial charge in [0.1, 0.15) is 11.8 Å². The second-order valence-corrected chi connectivity index (χ2v) is 9.09. The third-order valence-corrected chi connectivity index (χ3v) is 6.41. The lowest BCUT2D eigenvalue weighted by molar-refractivity contribution is -0.141. The number of carbonyl (C=O) groups excluding carboxylic acids is 1. The molecule has 2 aromatic heterocycles. The average Bonchev–Trinajstić information content (AvgIpc) is 3.53. The highest BCUT2D eigenvalue weighted by Crippen LogP contribution is 2.37. The van der Waals surface area contributed by atoms with E-state index in [2.05, 4.69) is 26.0 Å². The second kappa shape index (κ2) is 9.34. The summed E-state index contributed by atoms with van der Waals surface area (Å²) in [5.41, 5.74) is 2.70. The Labute approximate surface area is 208 Å². The average molecular weight is 534 g/mol. The maximum atomic E-state index is 13.4. The molecule has 176 valence electrons. The Balaban J connectivity index is 1.70. The van der Waals surface area contributed by atoms with E-state index < -0.39 is 17.9 Å². The maximum absolute atomic E-state index is 13.4. The number of amides is 1. The molecule has 0 unspecified atom stereocenters. The molecular weight excluding hydrogens is 514 g/mol. The van der Waals surface area contributed by atoms with Crippen molar-refractivity contribution in [3.05, 3.63) is 93.1 Å². The van der Waals surface area contributed by atoms with Crippen molar-refractivity contribution in [1.29, 1.82) is 0 Å². The van der Waals surface area contributed by atoms with Crippen LogP contribution >= 0.6 is 15.9 Å². The number of furan rings is 1. The number of pyridine rings is 1. The summed E-state index contributed by atoms with van der Waals surface area (Å²) >= 11 is 3.52. The van der Waals surface area contributed by atoms with Crippen LogP contribution in [0.2, 0.25) is 0 Å². The first-order chi connectivity index (χ1) is 16.9. The highest BCUT2D eigenvalue weighted by atomic mass is 79.9. The lowest BCUT2D eigenvalue weighted by atomic mass is 9.92. The number of aliphatic carboxylic acids is 1. The van der Waals surface area contributed by atoms with E-state index in [1.165, 1.54) is 11.3 Å². The zero-order chi connectivity index (χ0) is 24.5. The molecule has 0 aliphatic carbocycles. The molecule has 1 aliphatic heterocycles. The molecule has 1 aliphatic rings. The fraction of sp³-hybridized carbons (Fsp3) is 0.154. The lowest BCUT2D eigenvalue weighted by Gasteiger charge is -2.19. The molecule has 5 rings (SSSR count). The van der Waals surface area contributed by atoms with Crippen LogP contribution in [0.1, 0.15) is 36.6 Å². The minimum atomic E-state index is -1.07. The largest absolute Gasteiger partial charge is 0.481 e. The summed E-state index contributed by atoms with van der Waals surface area (Å²) in [6.45, 7) is 0. The first-order valence-corrected chi connectivity index (χ1v) is 11.8. The van der Waals surface area contributed by atoms with Gasteiger partial charge in [0.2, 0.25) is 5.91 Å². The van der Waals surface area contributed by atoms with Crippen molar-refractivity contribution in [2.45, 2.75) is 25.3 Å². The molecule has 2 aromatic carbocycles. The van der Waals surface area contributed by atoms with E-state index in [9.17, 15) is 14.4 Å². The molecule has 0 spiro atoms. The van der Waals surface area contributed by atoms with Crippen LogP contribution in [-0.2, 0) is 9.59 Å². The number of nitrogens with one attached hydrogen (secondary N) is 1. The normalized spacial score (nSPS) is 15.4. The van der Waals surface area contributed by atoms with Gasteiger partial charge in [-0.25, -0.2) is 5.01 Å². The monoisotopic (exact) mass is 533 g/mol. The molecule has 0 saturated heterocycles. The molecule has 35 heavy (non-hydrogen) atoms. The van der Waals surface area contributed by atoms with Gasteiger partial charge >= 0.3 is 5.97 Å². The van der Waals surface area contributed by atoms with Crippen LogP contribution in [0.25, 0.3) is 22.0 Å². The van der Waals surface area contributed by atoms with Gasteiger partial charge in [0, 0.05) is 33.8 Å². The summed E-state index contributed by atoms with van der Waals surface area (Å²) in [4.78, 5) is 40.4. The van der Waals surface area contributed by atoms with Gasteiger partial charge in [-0.1, -0.05) is 46.3 Å². The zero-order valence-electron chi connectivity index (χ0n) is 18.4. The molecule has 0 fully saturated rings. The highest BCUT2D eigenvalue weighted by Gasteiger charge is 2.36. The van der Waals surface area contributed by atoms with E-state index in [0.717, 1.165) is 15.4 Å². The van der Waals surface area contributed by atoms with Crippen molar-refractivity contribution in [3.63, 3.8) is 0 Å². The predicted molar refractivity (Wildman–Crippen MR) is 134 cm³/mol. The van der Waals surface area contributed by atoms with Crippen LogP contribution in [0, 0.1) is 0 Å². The molecule has 2 N–H and O–H groups in total. The second-order valence-electron chi connectivity index (χ2n) is 8.17. The van der Waals surface area contributed by atoms with Crippen molar-refractivity contribution < 1.29 is 19.1 Å². The number of nitrogens with zero attached hydrogens (tertiary/aromatic N) is 2. The number of rotatable bonds is 6. The minimum Gasteiger partial charge on any atom is -0.481 e. The number of H-pyrrole nitrogens is 1. The Morgan fingerprint density at radius 2 is 1.89 bits per heavy atom. The van der Waals surface area contributed by atoms with Gasteiger partial charge in [0.25, 0.3) is 5.56 Å². The Morgan fingerprint density at radius 1 is 1.09 bits per heavy atom. The molecule has 0 bridgehead atoms. The SMILES string of the molecule is O=C(O)CCC(=O)N1N=C(c2c(-c3ccccc3)c3cc(Br)ccc3[nH]c2=O)C[C@@H]1c1ccco1. The summed E-state index contributed by atoms with van der Waals surface area (Å²) in [6, 6.07) is 18.0. The van der Waals surface area contributed by atoms with Gasteiger partial charge in [-0.2, -0.15) is 5.10 Å². The molecule has 1 atom stereocenters. The summed E-state index contributed by atoms with van der Waals surface area (Å²) < 4.78 is 6.42. The van der Waals surface area contributed by atoms with E-state index >= 15 is 0 Å². The first kappa shape index (κ1) is 22.8. The predicted octanol–water partition coefficient (Wildman–Crippen LogP) is 5.09. The molecule has 9 heteroatoms. The van der Waals surface area contributed by atoms with E-state index in [1.54, 1.807) is 12.1 Å². The van der Waals surface area contributed by atoms with Crippen molar-refractivity contribution in [2.75, 3.05) is 0 Å². The quantitative estimate of drug-likeness (QED) is 0.358. The van der Waals surface area contributed by atoms with Crippen molar-refractivity contribution in [2.24, 2.45) is 5.10 Å². The van der Waals surface area contributed by atoms with Crippen molar-refractivity contribution >= 4 is 44.4 Å². The Bertz CT molecular complexity index is 1510. The van der Waals surface area contributed by atoms with Gasteiger partial charge in [-0.15, -0.1) is 0 Å². The summed E-state index contributed by atoms with van der Waals surface area (Å²) in [7, 11) is 0. The lowest BCUT2D eigenvalue weighted by Crippen LogP contribution is -2.27. The van der Waals surface area contributed by atoms with Gasteiger partial charge < -0.3 is 14.5 Å². The van der Waals surface area contributed by atoms with Crippen LogP contribution < -0.4 is 5.56 Å². The number of benzene rings is 2. The van der Waals surface area contributed by atoms with Crippen LogP contribution in [0.15, 0.2) is 85.7 Å². The minimum absolute atomic E-state index is 0.212. The highest BCUT2D eigenvalue weighted by molar-refractivity contribution is 9.10. The molecular formula is C26H20BrN3O5. The van der Waals surface area contributed by atoms with Gasteiger partial charge in [0.05, 0.1) is 24.0 Å². The van der Waals surface area contributed by atoms with Crippen molar-refractivity contribution in [1.82, 2.24) is 9.99 Å². The fourth-order valence-electron chi connectivity index (χ4n) is 4.37. The van der Waals surface area contributed by atoms with Gasteiger partial charge in [-0.3, -0.25) is 14.4 Å². The number of halogens is 1. The Morgan fingerprint density at radius 3 is 2.60 bits per heavy atom. The van der Waals surface area contributed by atoms with E-state index in [0.29, 0.717) is 28.1 Å². The fourth-order valence-corrected chi connectivity index (χ4v) is 4.73. The molecule has 8 nitrogen and oxygen atoms in total. The smallest absolute Gasteiger partial charge is 0.303 e. The number of fused-ring (bicyclic) bond motifs is 1. The van der Waals surface area contributed by atoms with Crippen LogP contribution in [0.5, 0.6) is 0 Å². The standard InChI is InChI=1S/C26H20BrN3O5/c27-16-8-9-18-17(13-16)24(15-5-2-1-3-6-15)25(26(34)28-18)19-14-20(21-7-4-12-35-21)30(29-19)22(31)10-11-23(32)33/h1-9,12-13,20H,10-11,14H2,(H,28,34)(H,32,33)/t20-/m1/s1. The number of hydrogen-bond donors (Lipinski definition) is 2. The summed E-state index contributed by atoms with van der Waals surface area (Å²) in [5.74, 6) is -1.02. The Kier molecular flexibility index (Phi) is 6.08. The summed E-state index contributed by atoms with van der Waals surface area (Å²) in [5, 5.41) is 15.7. The molecule has 0 saturated carbocycles. The number of hydrazone groups is 1.